The minimum absolute atomic E-state index is 0.00933. The van der Waals surface area contributed by atoms with Gasteiger partial charge in [0.2, 0.25) is 0 Å². The monoisotopic (exact) mass is 266 g/mol. The van der Waals surface area contributed by atoms with Crippen LogP contribution in [0.1, 0.15) is 21.8 Å². The number of phenols is 1. The van der Waals surface area contributed by atoms with E-state index in [2.05, 4.69) is 10.2 Å². The number of carbonyl (C=O) groups is 1. The summed E-state index contributed by atoms with van der Waals surface area (Å²) in [6, 6.07) is 15.6. The summed E-state index contributed by atoms with van der Waals surface area (Å²) in [5.41, 5.74) is 1.63. The number of carbonyl (C=O) groups excluding carboxylic acids is 1. The summed E-state index contributed by atoms with van der Waals surface area (Å²) >= 11 is 0. The highest BCUT2D eigenvalue weighted by atomic mass is 16.3. The van der Waals surface area contributed by atoms with Crippen molar-refractivity contribution in [2.24, 2.45) is 10.2 Å². The Bertz CT molecular complexity index is 635. The Morgan fingerprint density at radius 1 is 1.05 bits per heavy atom. The van der Waals surface area contributed by atoms with Gasteiger partial charge < -0.3 is 5.11 Å². The first-order valence-electron chi connectivity index (χ1n) is 6.50. The minimum atomic E-state index is -0.470. The first kappa shape index (κ1) is 12.5. The third kappa shape index (κ3) is 2.32. The molecule has 2 atom stereocenters. The molecule has 1 aliphatic rings. The normalized spacial score (nSPS) is 21.0. The molecule has 0 saturated carbocycles. The maximum atomic E-state index is 12.5. The largest absolute Gasteiger partial charge is 0.508 e. The molecule has 0 spiro atoms. The van der Waals surface area contributed by atoms with E-state index in [1.807, 2.05) is 30.3 Å². The van der Waals surface area contributed by atoms with Crippen LogP contribution in [0.4, 0.5) is 0 Å². The van der Waals surface area contributed by atoms with Gasteiger partial charge in [-0.05, 0) is 17.7 Å². The number of azo groups is 1. The second kappa shape index (κ2) is 5.25. The van der Waals surface area contributed by atoms with Crippen LogP contribution in [0.5, 0.6) is 5.75 Å². The van der Waals surface area contributed by atoms with Crippen LogP contribution >= 0.6 is 0 Å². The standard InChI is InChI=1S/C16H14N2O2/c19-13-8-6-11(7-9-13)14-10-17-18-15(14)16(20)12-4-2-1-3-5-12/h1-9,14-15,19H,10H2/t14-,15-/m1/s1. The Labute approximate surface area is 116 Å². The zero-order valence-corrected chi connectivity index (χ0v) is 10.8. The smallest absolute Gasteiger partial charge is 0.189 e. The number of phenolic OH excluding ortho intramolecular Hbond substituents is 1. The molecule has 4 heteroatoms. The SMILES string of the molecule is O=C(c1ccccc1)[C@@H]1N=NC[C@@H]1c1ccc(O)cc1. The number of rotatable bonds is 3. The molecule has 0 aromatic heterocycles. The zero-order chi connectivity index (χ0) is 13.9. The highest BCUT2D eigenvalue weighted by molar-refractivity contribution is 6.01. The number of Topliss-reactive ketones (excluding diaryl/α,β-unsaturated/α-hetero) is 1. The van der Waals surface area contributed by atoms with Crippen LogP contribution in [0.2, 0.25) is 0 Å². The quantitative estimate of drug-likeness (QED) is 0.867. The predicted molar refractivity (Wildman–Crippen MR) is 75.1 cm³/mol. The van der Waals surface area contributed by atoms with E-state index in [1.165, 1.54) is 0 Å². The van der Waals surface area contributed by atoms with Gasteiger partial charge in [0, 0.05) is 11.5 Å². The molecule has 2 aromatic rings. The van der Waals surface area contributed by atoms with Crippen molar-refractivity contribution < 1.29 is 9.90 Å². The fourth-order valence-corrected chi connectivity index (χ4v) is 2.42. The summed E-state index contributed by atoms with van der Waals surface area (Å²) in [6.07, 6.45) is 0. The summed E-state index contributed by atoms with van der Waals surface area (Å²) in [5, 5.41) is 17.5. The molecule has 0 amide bonds. The maximum absolute atomic E-state index is 12.5. The van der Waals surface area contributed by atoms with Crippen LogP contribution in [0.25, 0.3) is 0 Å². The van der Waals surface area contributed by atoms with E-state index in [-0.39, 0.29) is 17.5 Å². The highest BCUT2D eigenvalue weighted by Gasteiger charge is 2.33. The van der Waals surface area contributed by atoms with E-state index >= 15 is 0 Å². The summed E-state index contributed by atoms with van der Waals surface area (Å²) in [7, 11) is 0. The number of hydrogen-bond donors (Lipinski definition) is 1. The maximum Gasteiger partial charge on any atom is 0.189 e. The van der Waals surface area contributed by atoms with Crippen LogP contribution in [0.3, 0.4) is 0 Å². The molecule has 3 rings (SSSR count). The van der Waals surface area contributed by atoms with Crippen molar-refractivity contribution in [1.29, 1.82) is 0 Å². The van der Waals surface area contributed by atoms with Crippen LogP contribution in [-0.2, 0) is 0 Å². The topological polar surface area (TPSA) is 62.0 Å². The van der Waals surface area contributed by atoms with E-state index in [1.54, 1.807) is 24.3 Å². The lowest BCUT2D eigenvalue weighted by atomic mass is 9.88. The molecule has 1 aliphatic heterocycles. The Morgan fingerprint density at radius 3 is 2.45 bits per heavy atom. The van der Waals surface area contributed by atoms with Gasteiger partial charge >= 0.3 is 0 Å². The number of nitrogens with zero attached hydrogens (tertiary/aromatic N) is 2. The van der Waals surface area contributed by atoms with Gasteiger partial charge in [-0.15, -0.1) is 0 Å². The Balaban J connectivity index is 1.87. The molecular weight excluding hydrogens is 252 g/mol. The minimum Gasteiger partial charge on any atom is -0.508 e. The van der Waals surface area contributed by atoms with Crippen LogP contribution in [0, 0.1) is 0 Å². The van der Waals surface area contributed by atoms with Crippen molar-refractivity contribution in [2.45, 2.75) is 12.0 Å². The molecule has 0 unspecified atom stereocenters. The molecular formula is C16H14N2O2. The zero-order valence-electron chi connectivity index (χ0n) is 10.8. The first-order chi connectivity index (χ1) is 9.75. The lowest BCUT2D eigenvalue weighted by molar-refractivity contribution is 0.0956. The first-order valence-corrected chi connectivity index (χ1v) is 6.50. The average molecular weight is 266 g/mol. The molecule has 0 bridgehead atoms. The van der Waals surface area contributed by atoms with E-state index < -0.39 is 6.04 Å². The second-order valence-electron chi connectivity index (χ2n) is 4.81. The highest BCUT2D eigenvalue weighted by Crippen LogP contribution is 2.30. The van der Waals surface area contributed by atoms with Gasteiger partial charge in [0.15, 0.2) is 5.78 Å². The van der Waals surface area contributed by atoms with Gasteiger partial charge in [0.05, 0.1) is 6.54 Å². The summed E-state index contributed by atoms with van der Waals surface area (Å²) in [6.45, 7) is 0.508. The van der Waals surface area contributed by atoms with Gasteiger partial charge in [0.1, 0.15) is 11.8 Å². The number of ketones is 1. The molecule has 4 nitrogen and oxygen atoms in total. The molecule has 1 heterocycles. The lowest BCUT2D eigenvalue weighted by Gasteiger charge is -2.15. The molecule has 0 aliphatic carbocycles. The van der Waals surface area contributed by atoms with Gasteiger partial charge in [0.25, 0.3) is 0 Å². The van der Waals surface area contributed by atoms with Gasteiger partial charge in [-0.1, -0.05) is 42.5 Å². The molecule has 2 aromatic carbocycles. The third-order valence-corrected chi connectivity index (χ3v) is 3.51. The number of aromatic hydroxyl groups is 1. The van der Waals surface area contributed by atoms with Crippen molar-refractivity contribution in [3.05, 3.63) is 65.7 Å². The molecule has 20 heavy (non-hydrogen) atoms. The van der Waals surface area contributed by atoms with Gasteiger partial charge in [-0.2, -0.15) is 10.2 Å². The van der Waals surface area contributed by atoms with E-state index in [4.69, 9.17) is 0 Å². The fourth-order valence-electron chi connectivity index (χ4n) is 2.42. The average Bonchev–Trinajstić information content (AvgIpc) is 2.97. The van der Waals surface area contributed by atoms with Crippen molar-refractivity contribution in [2.75, 3.05) is 6.54 Å². The van der Waals surface area contributed by atoms with Crippen LogP contribution in [0.15, 0.2) is 64.8 Å². The van der Waals surface area contributed by atoms with Gasteiger partial charge in [-0.3, -0.25) is 4.79 Å². The predicted octanol–water partition coefficient (Wildman–Crippen LogP) is 3.19. The van der Waals surface area contributed by atoms with Crippen molar-refractivity contribution >= 4 is 5.78 Å². The van der Waals surface area contributed by atoms with E-state index in [0.717, 1.165) is 5.56 Å². The molecule has 0 fully saturated rings. The van der Waals surface area contributed by atoms with E-state index in [9.17, 15) is 9.90 Å². The van der Waals surface area contributed by atoms with Crippen LogP contribution < -0.4 is 0 Å². The van der Waals surface area contributed by atoms with Gasteiger partial charge in [-0.25, -0.2) is 0 Å². The second-order valence-corrected chi connectivity index (χ2v) is 4.81. The lowest BCUT2D eigenvalue weighted by Crippen LogP contribution is -2.24. The Hall–Kier alpha value is -2.49. The van der Waals surface area contributed by atoms with E-state index in [0.29, 0.717) is 12.1 Å². The number of hydrogen-bond acceptors (Lipinski definition) is 4. The van der Waals surface area contributed by atoms with Crippen molar-refractivity contribution in [3.8, 4) is 5.75 Å². The third-order valence-electron chi connectivity index (χ3n) is 3.51. The summed E-state index contributed by atoms with van der Waals surface area (Å²) in [4.78, 5) is 12.5. The van der Waals surface area contributed by atoms with Crippen molar-refractivity contribution in [1.82, 2.24) is 0 Å². The van der Waals surface area contributed by atoms with Crippen LogP contribution in [-0.4, -0.2) is 23.5 Å². The Kier molecular flexibility index (Phi) is 3.29. The fraction of sp³-hybridized carbons (Fsp3) is 0.188. The molecule has 0 saturated heterocycles. The summed E-state index contributed by atoms with van der Waals surface area (Å²) < 4.78 is 0. The summed E-state index contributed by atoms with van der Waals surface area (Å²) in [5.74, 6) is 0.153. The Morgan fingerprint density at radius 2 is 1.75 bits per heavy atom. The molecule has 0 radical (unpaired) electrons. The molecule has 1 N–H and O–H groups in total. The number of benzene rings is 2. The molecule has 100 valence electrons. The van der Waals surface area contributed by atoms with Crippen molar-refractivity contribution in [3.63, 3.8) is 0 Å².